The number of anilines is 1. The van der Waals surface area contributed by atoms with E-state index in [1.807, 2.05) is 48.2 Å². The third-order valence-electron chi connectivity index (χ3n) is 5.77. The van der Waals surface area contributed by atoms with E-state index in [1.54, 1.807) is 21.3 Å². The number of ether oxygens (including phenoxy) is 2. The summed E-state index contributed by atoms with van der Waals surface area (Å²) in [6.45, 7) is 2.80. The highest BCUT2D eigenvalue weighted by molar-refractivity contribution is 6.14. The average Bonchev–Trinajstić information content (AvgIpc) is 2.91. The van der Waals surface area contributed by atoms with Gasteiger partial charge in [0.05, 0.1) is 39.1 Å². The Hall–Kier alpha value is -3.29. The minimum Gasteiger partial charge on any atom is -0.493 e. The van der Waals surface area contributed by atoms with Crippen molar-refractivity contribution >= 4 is 17.4 Å². The summed E-state index contributed by atoms with van der Waals surface area (Å²) in [7, 11) is 4.79. The first-order valence-electron chi connectivity index (χ1n) is 10.3. The van der Waals surface area contributed by atoms with Gasteiger partial charge in [-0.2, -0.15) is 5.10 Å². The molecule has 0 saturated carbocycles. The first-order valence-corrected chi connectivity index (χ1v) is 10.3. The van der Waals surface area contributed by atoms with Crippen molar-refractivity contribution in [2.45, 2.75) is 25.6 Å². The average molecular weight is 426 g/mol. The van der Waals surface area contributed by atoms with Gasteiger partial charge in [-0.1, -0.05) is 12.1 Å². The fourth-order valence-corrected chi connectivity index (χ4v) is 4.01. The van der Waals surface area contributed by atoms with Crippen molar-refractivity contribution in [3.05, 3.63) is 53.1 Å². The molecule has 2 aromatic rings. The van der Waals surface area contributed by atoms with Gasteiger partial charge < -0.3 is 19.7 Å². The third kappa shape index (κ3) is 3.89. The van der Waals surface area contributed by atoms with Gasteiger partial charge in [0.25, 0.3) is 0 Å². The van der Waals surface area contributed by atoms with E-state index >= 15 is 0 Å². The van der Waals surface area contributed by atoms with Crippen molar-refractivity contribution in [2.24, 2.45) is 5.10 Å². The molecule has 0 spiro atoms. The molecular weight excluding hydrogens is 399 g/mol. The number of alkyl halides is 1. The highest BCUT2D eigenvalue weighted by Gasteiger charge is 2.29. The number of amides is 2. The standard InChI is InChI=1S/C23H27FN4O3/c1-14-9-16-10-20(30-3)21(31-4)11-19(16)22(26-28(14)23(29)25-2)15-5-7-18(8-6-15)27-12-17(24)13-27/h5-8,10-11,14,17H,9,12-13H2,1-4H3,(H,25,29). The number of nitrogens with one attached hydrogen (secondary N) is 1. The van der Waals surface area contributed by atoms with E-state index in [4.69, 9.17) is 14.6 Å². The number of hydrogen-bond acceptors (Lipinski definition) is 5. The van der Waals surface area contributed by atoms with Gasteiger partial charge in [0, 0.05) is 23.9 Å². The monoisotopic (exact) mass is 426 g/mol. The maximum Gasteiger partial charge on any atom is 0.337 e. The number of urea groups is 1. The Morgan fingerprint density at radius 1 is 1.13 bits per heavy atom. The summed E-state index contributed by atoms with van der Waals surface area (Å²) in [6.07, 6.45) is -0.150. The fourth-order valence-electron chi connectivity index (χ4n) is 4.01. The molecule has 0 aromatic heterocycles. The number of methoxy groups -OCH3 is 2. The van der Waals surface area contributed by atoms with Crippen LogP contribution in [0, 0.1) is 0 Å². The second-order valence-corrected chi connectivity index (χ2v) is 7.81. The summed E-state index contributed by atoms with van der Waals surface area (Å²) in [5, 5.41) is 8.90. The second kappa shape index (κ2) is 8.45. The first-order chi connectivity index (χ1) is 14.9. The van der Waals surface area contributed by atoms with E-state index in [-0.39, 0.29) is 12.1 Å². The fraction of sp³-hybridized carbons (Fsp3) is 0.391. The molecule has 164 valence electrons. The summed E-state index contributed by atoms with van der Waals surface area (Å²) < 4.78 is 24.2. The van der Waals surface area contributed by atoms with Gasteiger partial charge >= 0.3 is 6.03 Å². The molecule has 1 N–H and O–H groups in total. The summed E-state index contributed by atoms with van der Waals surface area (Å²) in [5.41, 5.74) is 4.40. The van der Waals surface area contributed by atoms with Crippen molar-refractivity contribution in [1.29, 1.82) is 0 Å². The molecule has 2 aliphatic heterocycles. The Morgan fingerprint density at radius 2 is 1.77 bits per heavy atom. The molecule has 0 bridgehead atoms. The predicted octanol–water partition coefficient (Wildman–Crippen LogP) is 3.20. The van der Waals surface area contributed by atoms with Crippen LogP contribution in [0.15, 0.2) is 41.5 Å². The van der Waals surface area contributed by atoms with Crippen LogP contribution in [0.3, 0.4) is 0 Å². The van der Waals surface area contributed by atoms with Crippen LogP contribution in [0.2, 0.25) is 0 Å². The third-order valence-corrected chi connectivity index (χ3v) is 5.77. The molecule has 7 nitrogen and oxygen atoms in total. The van der Waals surface area contributed by atoms with Crippen LogP contribution in [-0.2, 0) is 6.42 Å². The van der Waals surface area contributed by atoms with E-state index in [9.17, 15) is 9.18 Å². The Kier molecular flexibility index (Phi) is 5.71. The van der Waals surface area contributed by atoms with E-state index in [2.05, 4.69) is 5.32 Å². The summed E-state index contributed by atoms with van der Waals surface area (Å²) in [6, 6.07) is 11.3. The van der Waals surface area contributed by atoms with Gasteiger partial charge in [0.15, 0.2) is 11.5 Å². The minimum absolute atomic E-state index is 0.156. The minimum atomic E-state index is -0.761. The number of carbonyl (C=O) groups is 1. The van der Waals surface area contributed by atoms with Crippen molar-refractivity contribution in [3.63, 3.8) is 0 Å². The number of fused-ring (bicyclic) bond motifs is 1. The highest BCUT2D eigenvalue weighted by Crippen LogP contribution is 2.35. The molecule has 1 saturated heterocycles. The topological polar surface area (TPSA) is 66.4 Å². The first kappa shape index (κ1) is 21.0. The summed E-state index contributed by atoms with van der Waals surface area (Å²) in [5.74, 6) is 1.23. The largest absolute Gasteiger partial charge is 0.493 e. The van der Waals surface area contributed by atoms with Crippen LogP contribution in [-0.4, -0.2) is 63.3 Å². The lowest BCUT2D eigenvalue weighted by Crippen LogP contribution is -2.48. The van der Waals surface area contributed by atoms with Crippen LogP contribution in [0.1, 0.15) is 23.6 Å². The summed E-state index contributed by atoms with van der Waals surface area (Å²) >= 11 is 0. The molecule has 2 amide bonds. The Balaban J connectivity index is 1.81. The maximum atomic E-state index is 13.2. The molecular formula is C23H27FN4O3. The van der Waals surface area contributed by atoms with E-state index in [0.717, 1.165) is 22.4 Å². The van der Waals surface area contributed by atoms with Crippen LogP contribution in [0.25, 0.3) is 0 Å². The molecule has 1 unspecified atom stereocenters. The number of rotatable bonds is 4. The number of nitrogens with zero attached hydrogens (tertiary/aromatic N) is 3. The lowest BCUT2D eigenvalue weighted by Gasteiger charge is -2.36. The van der Waals surface area contributed by atoms with Crippen molar-refractivity contribution in [3.8, 4) is 11.5 Å². The second-order valence-electron chi connectivity index (χ2n) is 7.81. The zero-order valence-electron chi connectivity index (χ0n) is 18.2. The van der Waals surface area contributed by atoms with Gasteiger partial charge in [0.1, 0.15) is 6.17 Å². The number of halogens is 1. The van der Waals surface area contributed by atoms with Gasteiger partial charge in [-0.05, 0) is 43.2 Å². The Labute approximate surface area is 181 Å². The molecule has 4 rings (SSSR count). The highest BCUT2D eigenvalue weighted by atomic mass is 19.1. The van der Waals surface area contributed by atoms with Crippen molar-refractivity contribution in [1.82, 2.24) is 10.3 Å². The van der Waals surface area contributed by atoms with Crippen molar-refractivity contribution in [2.75, 3.05) is 39.3 Å². The Morgan fingerprint density at radius 3 is 2.35 bits per heavy atom. The molecule has 2 aromatic carbocycles. The molecule has 1 atom stereocenters. The molecule has 0 radical (unpaired) electrons. The molecule has 2 aliphatic rings. The van der Waals surface area contributed by atoms with Crippen LogP contribution in [0.4, 0.5) is 14.9 Å². The number of carbonyl (C=O) groups excluding carboxylic acids is 1. The number of hydrogen-bond donors (Lipinski definition) is 1. The smallest absolute Gasteiger partial charge is 0.337 e. The molecule has 2 heterocycles. The molecule has 31 heavy (non-hydrogen) atoms. The van der Waals surface area contributed by atoms with E-state index in [1.165, 1.54) is 5.01 Å². The number of hydrazone groups is 1. The van der Waals surface area contributed by atoms with Gasteiger partial charge in [-0.25, -0.2) is 14.2 Å². The van der Waals surface area contributed by atoms with Crippen LogP contribution >= 0.6 is 0 Å². The lowest BCUT2D eigenvalue weighted by molar-refractivity contribution is 0.184. The van der Waals surface area contributed by atoms with Crippen LogP contribution < -0.4 is 19.7 Å². The zero-order valence-corrected chi connectivity index (χ0v) is 18.2. The van der Waals surface area contributed by atoms with Crippen LogP contribution in [0.5, 0.6) is 11.5 Å². The predicted molar refractivity (Wildman–Crippen MR) is 118 cm³/mol. The van der Waals surface area contributed by atoms with Gasteiger partial charge in [-0.15, -0.1) is 0 Å². The SMILES string of the molecule is CNC(=O)N1N=C(c2ccc(N3CC(F)C3)cc2)c2cc(OC)c(OC)cc2CC1C. The molecule has 8 heteroatoms. The van der Waals surface area contributed by atoms with Crippen molar-refractivity contribution < 1.29 is 18.7 Å². The maximum absolute atomic E-state index is 13.2. The molecule has 0 aliphatic carbocycles. The van der Waals surface area contributed by atoms with E-state index < -0.39 is 6.17 Å². The van der Waals surface area contributed by atoms with E-state index in [0.29, 0.717) is 36.7 Å². The van der Waals surface area contributed by atoms with Gasteiger partial charge in [0.2, 0.25) is 0 Å². The van der Waals surface area contributed by atoms with Gasteiger partial charge in [-0.3, -0.25) is 0 Å². The normalized spacial score (nSPS) is 18.5. The quantitative estimate of drug-likeness (QED) is 0.816. The Bertz CT molecular complexity index is 1000. The molecule has 1 fully saturated rings. The lowest BCUT2D eigenvalue weighted by atomic mass is 9.93. The zero-order chi connectivity index (χ0) is 22.1. The summed E-state index contributed by atoms with van der Waals surface area (Å²) in [4.78, 5) is 14.5. The number of benzene rings is 2.